The second-order valence-electron chi connectivity index (χ2n) is 8.84. The van der Waals surface area contributed by atoms with Crippen LogP contribution < -0.4 is 14.9 Å². The van der Waals surface area contributed by atoms with Gasteiger partial charge < -0.3 is 10.2 Å². The second-order valence-corrected chi connectivity index (χ2v) is 10.6. The van der Waals surface area contributed by atoms with Crippen molar-refractivity contribution in [3.05, 3.63) is 53.1 Å². The first-order chi connectivity index (χ1) is 15.2. The average Bonchev–Trinajstić information content (AvgIpc) is 3.52. The van der Waals surface area contributed by atoms with Crippen LogP contribution in [0, 0.1) is 19.8 Å². The van der Waals surface area contributed by atoms with Gasteiger partial charge in [-0.15, -0.1) is 0 Å². The molecular weight excluding hydrogens is 426 g/mol. The standard InChI is InChI=1S/C24H29N3O4S/c1-15-4-5-16(2)21(12-15)26-23(28)10-11-25-32(30,31)20-8-9-22-19(14-20)13-17(3)27(22)24(29)18-6-7-18/h4-5,8-9,12,14,17-18,25H,6-7,10-11,13H2,1-3H3,(H,26,28)/t17-/m0/s1. The Morgan fingerprint density at radius 3 is 2.56 bits per heavy atom. The van der Waals surface area contributed by atoms with Gasteiger partial charge in [-0.25, -0.2) is 13.1 Å². The Hall–Kier alpha value is -2.71. The Bertz CT molecular complexity index is 1170. The fourth-order valence-electron chi connectivity index (χ4n) is 4.10. The molecule has 0 bridgehead atoms. The topological polar surface area (TPSA) is 95.6 Å². The highest BCUT2D eigenvalue weighted by molar-refractivity contribution is 7.89. The van der Waals surface area contributed by atoms with E-state index in [-0.39, 0.29) is 41.6 Å². The molecule has 1 aliphatic heterocycles. The van der Waals surface area contributed by atoms with E-state index in [1.54, 1.807) is 12.1 Å². The summed E-state index contributed by atoms with van der Waals surface area (Å²) in [4.78, 5) is 26.8. The number of amides is 2. The van der Waals surface area contributed by atoms with E-state index in [0.29, 0.717) is 6.42 Å². The fourth-order valence-corrected chi connectivity index (χ4v) is 5.18. The summed E-state index contributed by atoms with van der Waals surface area (Å²) in [5.41, 5.74) is 4.39. The maximum atomic E-state index is 12.8. The molecule has 2 aromatic carbocycles. The van der Waals surface area contributed by atoms with Gasteiger partial charge >= 0.3 is 0 Å². The highest BCUT2D eigenvalue weighted by Crippen LogP contribution is 2.39. The van der Waals surface area contributed by atoms with E-state index >= 15 is 0 Å². The van der Waals surface area contributed by atoms with Gasteiger partial charge in [0.15, 0.2) is 0 Å². The molecule has 2 aliphatic rings. The molecule has 1 fully saturated rings. The summed E-state index contributed by atoms with van der Waals surface area (Å²) >= 11 is 0. The molecule has 32 heavy (non-hydrogen) atoms. The first-order valence-corrected chi connectivity index (χ1v) is 12.5. The van der Waals surface area contributed by atoms with E-state index in [1.165, 1.54) is 6.07 Å². The SMILES string of the molecule is Cc1ccc(C)c(NC(=O)CCNS(=O)(=O)c2ccc3c(c2)C[C@H](C)N3C(=O)C2CC2)c1. The first kappa shape index (κ1) is 22.5. The number of rotatable bonds is 7. The van der Waals surface area contributed by atoms with Gasteiger partial charge in [-0.1, -0.05) is 12.1 Å². The molecule has 2 N–H and O–H groups in total. The molecule has 170 valence electrons. The van der Waals surface area contributed by atoms with Crippen LogP contribution in [0.15, 0.2) is 41.3 Å². The van der Waals surface area contributed by atoms with Gasteiger partial charge in [-0.3, -0.25) is 9.59 Å². The van der Waals surface area contributed by atoms with Gasteiger partial charge in [0.05, 0.1) is 4.90 Å². The number of hydrogen-bond donors (Lipinski definition) is 2. The number of anilines is 2. The average molecular weight is 456 g/mol. The minimum absolute atomic E-state index is 0.00118. The molecular formula is C24H29N3O4S. The Balaban J connectivity index is 1.38. The largest absolute Gasteiger partial charge is 0.326 e. The maximum absolute atomic E-state index is 12.8. The minimum atomic E-state index is -3.76. The number of benzene rings is 2. The van der Waals surface area contributed by atoms with Gasteiger partial charge in [-0.2, -0.15) is 0 Å². The molecule has 7 nitrogen and oxygen atoms in total. The van der Waals surface area contributed by atoms with Crippen molar-refractivity contribution in [1.29, 1.82) is 0 Å². The highest BCUT2D eigenvalue weighted by atomic mass is 32.2. The number of sulfonamides is 1. The predicted octanol–water partition coefficient (Wildman–Crippen LogP) is 3.30. The summed E-state index contributed by atoms with van der Waals surface area (Å²) < 4.78 is 28.0. The lowest BCUT2D eigenvalue weighted by Crippen LogP contribution is -2.36. The van der Waals surface area contributed by atoms with E-state index in [2.05, 4.69) is 10.0 Å². The van der Waals surface area contributed by atoms with Gasteiger partial charge in [0, 0.05) is 36.3 Å². The third-order valence-electron chi connectivity index (χ3n) is 6.05. The summed E-state index contributed by atoms with van der Waals surface area (Å²) in [5, 5.41) is 2.83. The maximum Gasteiger partial charge on any atom is 0.240 e. The molecule has 2 aromatic rings. The van der Waals surface area contributed by atoms with Crippen LogP contribution in [0.2, 0.25) is 0 Å². The van der Waals surface area contributed by atoms with Gasteiger partial charge in [0.25, 0.3) is 0 Å². The molecule has 1 heterocycles. The van der Waals surface area contributed by atoms with Crippen molar-refractivity contribution in [2.24, 2.45) is 5.92 Å². The van der Waals surface area contributed by atoms with Gasteiger partial charge in [0.1, 0.15) is 0 Å². The molecule has 8 heteroatoms. The van der Waals surface area contributed by atoms with E-state index in [0.717, 1.165) is 40.9 Å². The zero-order valence-electron chi connectivity index (χ0n) is 18.6. The molecule has 0 aromatic heterocycles. The van der Waals surface area contributed by atoms with Crippen molar-refractivity contribution < 1.29 is 18.0 Å². The van der Waals surface area contributed by atoms with Crippen molar-refractivity contribution in [3.8, 4) is 0 Å². The summed E-state index contributed by atoms with van der Waals surface area (Å²) in [7, 11) is -3.76. The number of fused-ring (bicyclic) bond motifs is 1. The second kappa shape index (κ2) is 8.67. The Labute approximate surface area is 189 Å². The third kappa shape index (κ3) is 4.71. The smallest absolute Gasteiger partial charge is 0.240 e. The Kier molecular flexibility index (Phi) is 6.09. The third-order valence-corrected chi connectivity index (χ3v) is 7.51. The molecule has 1 aliphatic carbocycles. The normalized spacial score (nSPS) is 17.8. The van der Waals surface area contributed by atoms with E-state index in [4.69, 9.17) is 0 Å². The van der Waals surface area contributed by atoms with Crippen LogP contribution in [0.1, 0.15) is 42.9 Å². The lowest BCUT2D eigenvalue weighted by molar-refractivity contribution is -0.120. The molecule has 0 spiro atoms. The lowest BCUT2D eigenvalue weighted by atomic mass is 10.1. The zero-order chi connectivity index (χ0) is 23.0. The van der Waals surface area contributed by atoms with Gasteiger partial charge in [0.2, 0.25) is 21.8 Å². The minimum Gasteiger partial charge on any atom is -0.326 e. The zero-order valence-corrected chi connectivity index (χ0v) is 19.5. The van der Waals surface area contributed by atoms with Crippen molar-refractivity contribution in [2.75, 3.05) is 16.8 Å². The number of hydrogen-bond acceptors (Lipinski definition) is 4. The summed E-state index contributed by atoms with van der Waals surface area (Å²) in [6.07, 6.45) is 2.53. The number of aryl methyl sites for hydroxylation is 2. The van der Waals surface area contributed by atoms with E-state index in [1.807, 2.05) is 43.9 Å². The first-order valence-electron chi connectivity index (χ1n) is 11.0. The molecule has 1 atom stereocenters. The fraction of sp³-hybridized carbons (Fsp3) is 0.417. The quantitative estimate of drug-likeness (QED) is 0.670. The van der Waals surface area contributed by atoms with Crippen LogP contribution in [0.4, 0.5) is 11.4 Å². The van der Waals surface area contributed by atoms with E-state index in [9.17, 15) is 18.0 Å². The van der Waals surface area contributed by atoms with Gasteiger partial charge in [-0.05, 0) is 81.0 Å². The lowest BCUT2D eigenvalue weighted by Gasteiger charge is -2.22. The number of nitrogens with one attached hydrogen (secondary N) is 2. The van der Waals surface area contributed by atoms with Crippen LogP contribution in [-0.4, -0.2) is 32.8 Å². The van der Waals surface area contributed by atoms with Crippen molar-refractivity contribution in [1.82, 2.24) is 4.72 Å². The summed E-state index contributed by atoms with van der Waals surface area (Å²) in [5.74, 6) is 0.00135. The molecule has 0 radical (unpaired) electrons. The van der Waals surface area contributed by atoms with Crippen LogP contribution >= 0.6 is 0 Å². The molecule has 4 rings (SSSR count). The molecule has 1 saturated carbocycles. The number of carbonyl (C=O) groups is 2. The Morgan fingerprint density at radius 1 is 1.09 bits per heavy atom. The van der Waals surface area contributed by atoms with E-state index < -0.39 is 10.0 Å². The van der Waals surface area contributed by atoms with Crippen molar-refractivity contribution in [3.63, 3.8) is 0 Å². The van der Waals surface area contributed by atoms with Crippen molar-refractivity contribution in [2.45, 2.75) is 57.4 Å². The molecule has 2 amide bonds. The summed E-state index contributed by atoms with van der Waals surface area (Å²) in [6.45, 7) is 5.84. The Morgan fingerprint density at radius 2 is 1.84 bits per heavy atom. The highest BCUT2D eigenvalue weighted by Gasteiger charge is 2.39. The van der Waals surface area contributed by atoms with Crippen LogP contribution in [0.25, 0.3) is 0 Å². The van der Waals surface area contributed by atoms with Crippen molar-refractivity contribution >= 4 is 33.2 Å². The monoisotopic (exact) mass is 455 g/mol. The van der Waals surface area contributed by atoms with Crippen LogP contribution in [0.5, 0.6) is 0 Å². The number of carbonyl (C=O) groups excluding carboxylic acids is 2. The number of nitrogens with zero attached hydrogens (tertiary/aromatic N) is 1. The molecule has 0 unspecified atom stereocenters. The van der Waals surface area contributed by atoms with Crippen LogP contribution in [-0.2, 0) is 26.0 Å². The van der Waals surface area contributed by atoms with Crippen LogP contribution in [0.3, 0.4) is 0 Å². The molecule has 0 saturated heterocycles. The summed E-state index contributed by atoms with van der Waals surface area (Å²) in [6, 6.07) is 10.7. The predicted molar refractivity (Wildman–Crippen MR) is 124 cm³/mol.